The van der Waals surface area contributed by atoms with Crippen molar-refractivity contribution in [2.75, 3.05) is 17.7 Å². The number of amides is 2. The zero-order valence-corrected chi connectivity index (χ0v) is 22.5. The highest BCUT2D eigenvalue weighted by molar-refractivity contribution is 8.00. The van der Waals surface area contributed by atoms with Gasteiger partial charge in [0.2, 0.25) is 11.8 Å². The van der Waals surface area contributed by atoms with Crippen molar-refractivity contribution in [3.05, 3.63) is 76.2 Å². The maximum Gasteiger partial charge on any atom is 0.341 e. The molecule has 3 aromatic rings. The van der Waals surface area contributed by atoms with Crippen LogP contribution in [0.4, 0.5) is 10.7 Å². The van der Waals surface area contributed by atoms with E-state index in [1.54, 1.807) is 0 Å². The summed E-state index contributed by atoms with van der Waals surface area (Å²) in [5.41, 5.74) is 3.52. The lowest BCUT2D eigenvalue weighted by Crippen LogP contribution is -2.23. The lowest BCUT2D eigenvalue weighted by atomic mass is 9.83. The van der Waals surface area contributed by atoms with Crippen LogP contribution in [-0.4, -0.2) is 30.1 Å². The number of nitrogens with one attached hydrogen (secondary N) is 2. The number of hydrogen-bond acceptors (Lipinski definition) is 6. The maximum atomic E-state index is 13.2. The molecule has 2 aromatic carbocycles. The van der Waals surface area contributed by atoms with Gasteiger partial charge in [0.25, 0.3) is 0 Å². The first-order chi connectivity index (χ1) is 17.9. The fourth-order valence-electron chi connectivity index (χ4n) is 4.71. The second-order valence-corrected chi connectivity index (χ2v) is 12.1. The third-order valence-electron chi connectivity index (χ3n) is 6.89. The molecule has 0 spiro atoms. The van der Waals surface area contributed by atoms with E-state index >= 15 is 0 Å². The summed E-state index contributed by atoms with van der Waals surface area (Å²) in [7, 11) is 1.38. The van der Waals surface area contributed by atoms with Gasteiger partial charge in [-0.1, -0.05) is 36.4 Å². The Labute approximate surface area is 225 Å². The van der Waals surface area contributed by atoms with E-state index in [2.05, 4.69) is 34.9 Å². The van der Waals surface area contributed by atoms with Crippen LogP contribution in [0.3, 0.4) is 0 Å². The molecule has 8 heteroatoms. The standard InChI is InChI=1S/C29H30N2O4S2/c1-17(36-22-10-6-9-21(16-22)30-27(33)19-11-12-19)26(32)31-28-25(29(34)35-2)23-14-13-20(15-24(23)37-28)18-7-4-3-5-8-18/h3-10,16-17,19-20H,11-15H2,1-2H3,(H,30,33)(H,31,32). The van der Waals surface area contributed by atoms with Crippen molar-refractivity contribution in [1.82, 2.24) is 0 Å². The van der Waals surface area contributed by atoms with Gasteiger partial charge in [0.05, 0.1) is 17.9 Å². The zero-order valence-electron chi connectivity index (χ0n) is 20.9. The summed E-state index contributed by atoms with van der Waals surface area (Å²) in [6, 6.07) is 18.0. The Hall–Kier alpha value is -3.10. The Morgan fingerprint density at radius 3 is 2.54 bits per heavy atom. The number of ether oxygens (including phenoxy) is 1. The van der Waals surface area contributed by atoms with Gasteiger partial charge in [-0.25, -0.2) is 4.79 Å². The van der Waals surface area contributed by atoms with Gasteiger partial charge in [-0.15, -0.1) is 23.1 Å². The molecule has 37 heavy (non-hydrogen) atoms. The van der Waals surface area contributed by atoms with Crippen molar-refractivity contribution in [3.8, 4) is 0 Å². The summed E-state index contributed by atoms with van der Waals surface area (Å²) in [5.74, 6) is -0.0150. The molecular weight excluding hydrogens is 504 g/mol. The largest absolute Gasteiger partial charge is 0.465 e. The van der Waals surface area contributed by atoms with Crippen LogP contribution in [0, 0.1) is 5.92 Å². The van der Waals surface area contributed by atoms with Crippen molar-refractivity contribution in [2.45, 2.75) is 55.1 Å². The van der Waals surface area contributed by atoms with E-state index in [-0.39, 0.29) is 17.7 Å². The number of esters is 1. The molecule has 1 saturated carbocycles. The number of thiophene rings is 1. The summed E-state index contributed by atoms with van der Waals surface area (Å²) in [6.45, 7) is 1.84. The Bertz CT molecular complexity index is 1320. The van der Waals surface area contributed by atoms with E-state index in [0.717, 1.165) is 53.1 Å². The topological polar surface area (TPSA) is 84.5 Å². The van der Waals surface area contributed by atoms with Gasteiger partial charge in [-0.05, 0) is 74.3 Å². The van der Waals surface area contributed by atoms with Crippen LogP contribution in [0.25, 0.3) is 0 Å². The molecule has 0 saturated heterocycles. The number of hydrogen-bond donors (Lipinski definition) is 2. The van der Waals surface area contributed by atoms with Crippen molar-refractivity contribution < 1.29 is 19.1 Å². The highest BCUT2D eigenvalue weighted by Gasteiger charge is 2.32. The average molecular weight is 535 g/mol. The molecule has 5 rings (SSSR count). The number of benzene rings is 2. The van der Waals surface area contributed by atoms with Gasteiger partial charge in [0, 0.05) is 21.4 Å². The van der Waals surface area contributed by atoms with Gasteiger partial charge in [0.15, 0.2) is 0 Å². The van der Waals surface area contributed by atoms with E-state index in [1.165, 1.54) is 35.8 Å². The number of thioether (sulfide) groups is 1. The Morgan fingerprint density at radius 2 is 1.81 bits per heavy atom. The molecule has 0 bridgehead atoms. The minimum absolute atomic E-state index is 0.0550. The van der Waals surface area contributed by atoms with E-state index in [1.807, 2.05) is 37.3 Å². The molecule has 0 aliphatic heterocycles. The lowest BCUT2D eigenvalue weighted by Gasteiger charge is -2.22. The maximum absolute atomic E-state index is 13.2. The Morgan fingerprint density at radius 1 is 1.03 bits per heavy atom. The van der Waals surface area contributed by atoms with Gasteiger partial charge in [-0.3, -0.25) is 9.59 Å². The molecule has 2 aliphatic rings. The molecule has 1 heterocycles. The van der Waals surface area contributed by atoms with Crippen molar-refractivity contribution in [3.63, 3.8) is 0 Å². The predicted molar refractivity (Wildman–Crippen MR) is 149 cm³/mol. The Balaban J connectivity index is 1.29. The monoisotopic (exact) mass is 534 g/mol. The van der Waals surface area contributed by atoms with Gasteiger partial charge >= 0.3 is 5.97 Å². The van der Waals surface area contributed by atoms with Crippen LogP contribution < -0.4 is 10.6 Å². The van der Waals surface area contributed by atoms with E-state index < -0.39 is 11.2 Å². The van der Waals surface area contributed by atoms with Crippen molar-refractivity contribution in [1.29, 1.82) is 0 Å². The fourth-order valence-corrected chi connectivity index (χ4v) is 6.95. The molecule has 2 N–H and O–H groups in total. The molecule has 6 nitrogen and oxygen atoms in total. The second kappa shape index (κ2) is 11.1. The first kappa shape index (κ1) is 25.5. The quantitative estimate of drug-likeness (QED) is 0.263. The first-order valence-electron chi connectivity index (χ1n) is 12.6. The predicted octanol–water partition coefficient (Wildman–Crippen LogP) is 6.28. The zero-order chi connectivity index (χ0) is 25.9. The van der Waals surface area contributed by atoms with Gasteiger partial charge < -0.3 is 15.4 Å². The van der Waals surface area contributed by atoms with Crippen LogP contribution in [0.15, 0.2) is 59.5 Å². The van der Waals surface area contributed by atoms with Crippen molar-refractivity contribution in [2.24, 2.45) is 5.92 Å². The number of methoxy groups -OCH3 is 1. The van der Waals surface area contributed by atoms with Crippen LogP contribution in [0.2, 0.25) is 0 Å². The number of carbonyl (C=O) groups excluding carboxylic acids is 3. The number of carbonyl (C=O) groups is 3. The van der Waals surface area contributed by atoms with E-state index in [9.17, 15) is 14.4 Å². The van der Waals surface area contributed by atoms with Gasteiger partial charge in [-0.2, -0.15) is 0 Å². The molecule has 1 fully saturated rings. The SMILES string of the molecule is COC(=O)c1c(NC(=O)C(C)Sc2cccc(NC(=O)C3CC3)c2)sc2c1CCC(c1ccccc1)C2. The molecular formula is C29H30N2O4S2. The van der Waals surface area contributed by atoms with Crippen LogP contribution in [0.1, 0.15) is 58.5 Å². The summed E-state index contributed by atoms with van der Waals surface area (Å²) < 4.78 is 5.09. The molecule has 2 atom stereocenters. The first-order valence-corrected chi connectivity index (χ1v) is 14.3. The highest BCUT2D eigenvalue weighted by atomic mass is 32.2. The third kappa shape index (κ3) is 5.91. The molecule has 2 unspecified atom stereocenters. The average Bonchev–Trinajstić information content (AvgIpc) is 3.70. The minimum Gasteiger partial charge on any atom is -0.465 e. The molecule has 0 radical (unpaired) electrons. The summed E-state index contributed by atoms with van der Waals surface area (Å²) in [4.78, 5) is 40.0. The second-order valence-electron chi connectivity index (χ2n) is 9.59. The third-order valence-corrected chi connectivity index (χ3v) is 9.16. The van der Waals surface area contributed by atoms with Crippen LogP contribution >= 0.6 is 23.1 Å². The highest BCUT2D eigenvalue weighted by Crippen LogP contribution is 2.43. The summed E-state index contributed by atoms with van der Waals surface area (Å²) in [5, 5.41) is 6.13. The normalized spacial score (nSPS) is 17.4. The molecule has 2 aliphatic carbocycles. The van der Waals surface area contributed by atoms with Crippen LogP contribution in [0.5, 0.6) is 0 Å². The fraction of sp³-hybridized carbons (Fsp3) is 0.345. The summed E-state index contributed by atoms with van der Waals surface area (Å²) >= 11 is 2.90. The molecule has 2 amide bonds. The minimum atomic E-state index is -0.412. The molecule has 1 aromatic heterocycles. The van der Waals surface area contributed by atoms with Crippen LogP contribution in [-0.2, 0) is 27.2 Å². The van der Waals surface area contributed by atoms with E-state index in [0.29, 0.717) is 16.5 Å². The summed E-state index contributed by atoms with van der Waals surface area (Å²) in [6.07, 6.45) is 4.46. The number of anilines is 2. The Kier molecular flexibility index (Phi) is 7.67. The van der Waals surface area contributed by atoms with Gasteiger partial charge in [0.1, 0.15) is 5.00 Å². The number of fused-ring (bicyclic) bond motifs is 1. The van der Waals surface area contributed by atoms with Crippen molar-refractivity contribution >= 4 is 51.6 Å². The molecule has 192 valence electrons. The smallest absolute Gasteiger partial charge is 0.341 e. The lowest BCUT2D eigenvalue weighted by molar-refractivity contribution is -0.117. The van der Waals surface area contributed by atoms with E-state index in [4.69, 9.17) is 4.74 Å². The number of rotatable bonds is 8.